The van der Waals surface area contributed by atoms with Crippen molar-refractivity contribution in [2.24, 2.45) is 0 Å². The first-order valence-electron chi connectivity index (χ1n) is 11.9. The number of rotatable bonds is 6. The summed E-state index contributed by atoms with van der Waals surface area (Å²) in [7, 11) is -3.49. The molecule has 0 atom stereocenters. The second-order valence-corrected chi connectivity index (χ2v) is 11.6. The van der Waals surface area contributed by atoms with Crippen molar-refractivity contribution >= 4 is 15.8 Å². The molecule has 1 saturated heterocycles. The van der Waals surface area contributed by atoms with E-state index in [2.05, 4.69) is 16.4 Å². The number of Topliss-reactive ketones (excluding diaryl/α,β-unsaturated/α-hetero) is 1. The lowest BCUT2D eigenvalue weighted by molar-refractivity contribution is 0.0901. The second-order valence-electron chi connectivity index (χ2n) is 9.63. The van der Waals surface area contributed by atoms with Crippen molar-refractivity contribution in [1.29, 1.82) is 0 Å². The van der Waals surface area contributed by atoms with E-state index in [-0.39, 0.29) is 5.78 Å². The molecule has 1 aromatic carbocycles. The predicted octanol–water partition coefficient (Wildman–Crippen LogP) is 3.51. The van der Waals surface area contributed by atoms with Gasteiger partial charge in [0.05, 0.1) is 11.4 Å². The van der Waals surface area contributed by atoms with E-state index in [9.17, 15) is 13.2 Å². The lowest BCUT2D eigenvalue weighted by Crippen LogP contribution is -2.49. The average molecular weight is 456 g/mol. The molecule has 0 spiro atoms. The number of carbonyl (C=O) groups excluding carboxylic acids is 1. The molecule has 1 saturated carbocycles. The lowest BCUT2D eigenvalue weighted by atomic mass is 9.92. The summed E-state index contributed by atoms with van der Waals surface area (Å²) in [4.78, 5) is 15.5. The zero-order valence-corrected chi connectivity index (χ0v) is 20.0. The van der Waals surface area contributed by atoms with Crippen molar-refractivity contribution < 1.29 is 13.2 Å². The molecule has 2 aromatic rings. The van der Waals surface area contributed by atoms with E-state index in [0.717, 1.165) is 36.2 Å². The molecule has 1 aromatic heterocycles. The molecule has 172 valence electrons. The van der Waals surface area contributed by atoms with Crippen LogP contribution in [-0.4, -0.2) is 60.7 Å². The predicted molar refractivity (Wildman–Crippen MR) is 125 cm³/mol. The first kappa shape index (κ1) is 21.9. The first-order chi connectivity index (χ1) is 15.3. The number of hydrogen-bond acceptors (Lipinski definition) is 4. The summed E-state index contributed by atoms with van der Waals surface area (Å²) in [6, 6.07) is 8.23. The van der Waals surface area contributed by atoms with E-state index in [0.29, 0.717) is 43.7 Å². The van der Waals surface area contributed by atoms with Gasteiger partial charge in [-0.15, -0.1) is 0 Å². The van der Waals surface area contributed by atoms with Crippen molar-refractivity contribution in [3.05, 3.63) is 52.3 Å². The minimum Gasteiger partial charge on any atom is -0.345 e. The molecule has 1 aliphatic heterocycles. The molecule has 0 radical (unpaired) electrons. The summed E-state index contributed by atoms with van der Waals surface area (Å²) in [6.45, 7) is 6.48. The molecule has 5 rings (SSSR count). The maximum atomic E-state index is 13.2. The first-order valence-corrected chi connectivity index (χ1v) is 13.3. The van der Waals surface area contributed by atoms with Gasteiger partial charge in [-0.2, -0.15) is 4.31 Å². The molecule has 6 nitrogen and oxygen atoms in total. The highest BCUT2D eigenvalue weighted by atomic mass is 32.2. The molecular weight excluding hydrogens is 422 g/mol. The molecule has 32 heavy (non-hydrogen) atoms. The second kappa shape index (κ2) is 8.43. The van der Waals surface area contributed by atoms with Crippen molar-refractivity contribution in [2.45, 2.75) is 63.3 Å². The normalized spacial score (nSPS) is 20.3. The molecule has 0 unspecified atom stereocenters. The van der Waals surface area contributed by atoms with Crippen LogP contribution in [0.1, 0.15) is 64.6 Å². The van der Waals surface area contributed by atoms with Gasteiger partial charge in [0.2, 0.25) is 10.0 Å². The zero-order valence-electron chi connectivity index (χ0n) is 19.1. The Bertz CT molecular complexity index is 1140. The number of hydrogen-bond donors (Lipinski definition) is 0. The molecule has 0 N–H and O–H groups in total. The Hall–Kier alpha value is -1.96. The van der Waals surface area contributed by atoms with Crippen LogP contribution in [0.2, 0.25) is 0 Å². The molecule has 0 amide bonds. The number of aromatic nitrogens is 1. The van der Waals surface area contributed by atoms with E-state index in [1.807, 2.05) is 25.1 Å². The van der Waals surface area contributed by atoms with E-state index in [1.165, 1.54) is 30.4 Å². The summed E-state index contributed by atoms with van der Waals surface area (Å²) >= 11 is 0. The minimum atomic E-state index is -3.49. The van der Waals surface area contributed by atoms with Crippen molar-refractivity contribution in [3.63, 3.8) is 0 Å². The van der Waals surface area contributed by atoms with Crippen LogP contribution in [0.25, 0.3) is 0 Å². The van der Waals surface area contributed by atoms with E-state index in [1.54, 1.807) is 10.4 Å². The summed E-state index contributed by atoms with van der Waals surface area (Å²) in [6.07, 6.45) is 6.73. The summed E-state index contributed by atoms with van der Waals surface area (Å²) in [5.41, 5.74) is 5.53. The Kier molecular flexibility index (Phi) is 5.76. The van der Waals surface area contributed by atoms with Crippen molar-refractivity contribution in [1.82, 2.24) is 13.8 Å². The van der Waals surface area contributed by atoms with Gasteiger partial charge in [-0.25, -0.2) is 8.42 Å². The summed E-state index contributed by atoms with van der Waals surface area (Å²) in [5.74, 6) is 0.135. The van der Waals surface area contributed by atoms with Crippen LogP contribution >= 0.6 is 0 Å². The third kappa shape index (κ3) is 4.06. The Morgan fingerprint density at radius 2 is 1.66 bits per heavy atom. The van der Waals surface area contributed by atoms with E-state index < -0.39 is 10.0 Å². The van der Waals surface area contributed by atoms with Crippen LogP contribution in [0.5, 0.6) is 0 Å². The summed E-state index contributed by atoms with van der Waals surface area (Å²) in [5, 5.41) is 0. The molecule has 3 aliphatic rings. The SMILES string of the molecule is Cc1cc(C(=O)CN2CCN(S(=O)(=O)c3ccc4c(c3)CCCC4)CC2)c(C)n1C1CC1. The van der Waals surface area contributed by atoms with Gasteiger partial charge in [0.1, 0.15) is 0 Å². The number of benzene rings is 1. The monoisotopic (exact) mass is 455 g/mol. The highest BCUT2D eigenvalue weighted by molar-refractivity contribution is 7.89. The van der Waals surface area contributed by atoms with Gasteiger partial charge in [0.25, 0.3) is 0 Å². The summed E-state index contributed by atoms with van der Waals surface area (Å²) < 4.78 is 30.3. The van der Waals surface area contributed by atoms with Gasteiger partial charge in [0, 0.05) is 49.2 Å². The van der Waals surface area contributed by atoms with Crippen LogP contribution in [-0.2, 0) is 22.9 Å². The van der Waals surface area contributed by atoms with Gasteiger partial charge < -0.3 is 4.57 Å². The van der Waals surface area contributed by atoms with E-state index >= 15 is 0 Å². The smallest absolute Gasteiger partial charge is 0.243 e. The van der Waals surface area contributed by atoms with Gasteiger partial charge in [-0.05, 0) is 81.7 Å². The number of ketones is 1. The minimum absolute atomic E-state index is 0.135. The number of nitrogens with zero attached hydrogens (tertiary/aromatic N) is 3. The standard InChI is InChI=1S/C25H33N3O3S/c1-18-15-24(19(2)28(18)22-8-9-22)25(29)17-26-11-13-27(14-12-26)32(30,31)23-10-7-20-5-3-4-6-21(20)16-23/h7,10,15-16,22H,3-6,8-9,11-14,17H2,1-2H3. The molecule has 7 heteroatoms. The highest BCUT2D eigenvalue weighted by Crippen LogP contribution is 2.38. The largest absolute Gasteiger partial charge is 0.345 e. The van der Waals surface area contributed by atoms with Gasteiger partial charge in [-0.3, -0.25) is 9.69 Å². The van der Waals surface area contributed by atoms with Gasteiger partial charge in [0.15, 0.2) is 5.78 Å². The number of aryl methyl sites for hydroxylation is 3. The average Bonchev–Trinajstić information content (AvgIpc) is 3.57. The van der Waals surface area contributed by atoms with Crippen molar-refractivity contribution in [3.8, 4) is 0 Å². The lowest BCUT2D eigenvalue weighted by Gasteiger charge is -2.33. The third-order valence-corrected chi connectivity index (χ3v) is 9.25. The molecule has 0 bridgehead atoms. The topological polar surface area (TPSA) is 62.6 Å². The number of piperazine rings is 1. The number of fused-ring (bicyclic) bond motifs is 1. The zero-order chi connectivity index (χ0) is 22.5. The van der Waals surface area contributed by atoms with Gasteiger partial charge in [-0.1, -0.05) is 6.07 Å². The Labute approximate surface area is 191 Å². The fraction of sp³-hybridized carbons (Fsp3) is 0.560. The van der Waals surface area contributed by atoms with Crippen LogP contribution in [0.4, 0.5) is 0 Å². The maximum absolute atomic E-state index is 13.2. The Balaban J connectivity index is 1.22. The molecular formula is C25H33N3O3S. The Morgan fingerprint density at radius 3 is 2.34 bits per heavy atom. The molecule has 2 aliphatic carbocycles. The Morgan fingerprint density at radius 1 is 0.969 bits per heavy atom. The van der Waals surface area contributed by atoms with Crippen LogP contribution in [0.15, 0.2) is 29.2 Å². The highest BCUT2D eigenvalue weighted by Gasteiger charge is 2.31. The third-order valence-electron chi connectivity index (χ3n) is 7.35. The van der Waals surface area contributed by atoms with Crippen LogP contribution < -0.4 is 0 Å². The fourth-order valence-corrected chi connectivity index (χ4v) is 6.86. The van der Waals surface area contributed by atoms with Crippen LogP contribution in [0.3, 0.4) is 0 Å². The van der Waals surface area contributed by atoms with Gasteiger partial charge >= 0.3 is 0 Å². The maximum Gasteiger partial charge on any atom is 0.243 e. The molecule has 2 heterocycles. The van der Waals surface area contributed by atoms with E-state index in [4.69, 9.17) is 0 Å². The fourth-order valence-electron chi connectivity index (χ4n) is 5.39. The quantitative estimate of drug-likeness (QED) is 0.626. The number of carbonyl (C=O) groups is 1. The van der Waals surface area contributed by atoms with Crippen molar-refractivity contribution in [2.75, 3.05) is 32.7 Å². The number of sulfonamides is 1. The molecule has 2 fully saturated rings. The van der Waals surface area contributed by atoms with Crippen LogP contribution in [0, 0.1) is 13.8 Å².